The van der Waals surface area contributed by atoms with Crippen molar-refractivity contribution < 1.29 is 9.53 Å². The summed E-state index contributed by atoms with van der Waals surface area (Å²) >= 11 is 0. The highest BCUT2D eigenvalue weighted by Crippen LogP contribution is 2.42. The van der Waals surface area contributed by atoms with Gasteiger partial charge in [0.15, 0.2) is 0 Å². The quantitative estimate of drug-likeness (QED) is 0.666. The average molecular weight is 212 g/mol. The van der Waals surface area contributed by atoms with Crippen LogP contribution in [-0.2, 0) is 9.53 Å². The molecule has 0 heterocycles. The molecular formula is C13H24O2. The molecular weight excluding hydrogens is 188 g/mol. The normalized spacial score (nSPS) is 20.3. The Balaban J connectivity index is 2.69. The van der Waals surface area contributed by atoms with Gasteiger partial charge in [-0.05, 0) is 32.1 Å². The first kappa shape index (κ1) is 12.5. The zero-order valence-corrected chi connectivity index (χ0v) is 10.3. The van der Waals surface area contributed by atoms with E-state index in [9.17, 15) is 4.79 Å². The van der Waals surface area contributed by atoms with Crippen LogP contribution in [-0.4, -0.2) is 12.6 Å². The molecule has 1 saturated carbocycles. The molecule has 0 radical (unpaired) electrons. The van der Waals surface area contributed by atoms with Crippen LogP contribution in [0.3, 0.4) is 0 Å². The van der Waals surface area contributed by atoms with E-state index < -0.39 is 0 Å². The second-order valence-electron chi connectivity index (χ2n) is 5.16. The lowest BCUT2D eigenvalue weighted by molar-refractivity contribution is -0.158. The molecule has 0 aromatic heterocycles. The largest absolute Gasteiger partial charge is 0.466 e. The lowest BCUT2D eigenvalue weighted by Crippen LogP contribution is -2.36. The molecule has 0 bridgehead atoms. The third kappa shape index (κ3) is 3.22. The molecule has 1 fully saturated rings. The van der Waals surface area contributed by atoms with Gasteiger partial charge in [0.05, 0.1) is 12.0 Å². The summed E-state index contributed by atoms with van der Waals surface area (Å²) in [6.07, 6.45) is 6.70. The van der Waals surface area contributed by atoms with Gasteiger partial charge >= 0.3 is 5.97 Å². The lowest BCUT2D eigenvalue weighted by Gasteiger charge is -2.36. The van der Waals surface area contributed by atoms with E-state index in [1.54, 1.807) is 0 Å². The van der Waals surface area contributed by atoms with Crippen molar-refractivity contribution in [2.75, 3.05) is 6.61 Å². The van der Waals surface area contributed by atoms with E-state index in [0.29, 0.717) is 12.5 Å². The van der Waals surface area contributed by atoms with Crippen LogP contribution in [0.1, 0.15) is 59.3 Å². The smallest absolute Gasteiger partial charge is 0.312 e. The molecule has 1 aliphatic rings. The van der Waals surface area contributed by atoms with Crippen LogP contribution in [0.2, 0.25) is 0 Å². The molecule has 2 heteroatoms. The number of hydrogen-bond donors (Lipinski definition) is 0. The number of ether oxygens (including phenoxy) is 1. The van der Waals surface area contributed by atoms with Crippen molar-refractivity contribution in [1.82, 2.24) is 0 Å². The molecule has 0 atom stereocenters. The fourth-order valence-electron chi connectivity index (χ4n) is 2.79. The van der Waals surface area contributed by atoms with Gasteiger partial charge in [0.25, 0.3) is 0 Å². The molecule has 1 aliphatic carbocycles. The van der Waals surface area contributed by atoms with Gasteiger partial charge in [-0.1, -0.05) is 33.1 Å². The van der Waals surface area contributed by atoms with E-state index >= 15 is 0 Å². The molecule has 0 aromatic rings. The van der Waals surface area contributed by atoms with Crippen LogP contribution < -0.4 is 0 Å². The molecule has 0 N–H and O–H groups in total. The van der Waals surface area contributed by atoms with Gasteiger partial charge in [-0.2, -0.15) is 0 Å². The van der Waals surface area contributed by atoms with E-state index in [2.05, 4.69) is 13.8 Å². The molecule has 0 saturated heterocycles. The van der Waals surface area contributed by atoms with Crippen molar-refractivity contribution in [3.8, 4) is 0 Å². The highest BCUT2D eigenvalue weighted by Gasteiger charge is 2.40. The topological polar surface area (TPSA) is 26.3 Å². The van der Waals surface area contributed by atoms with Gasteiger partial charge in [0.2, 0.25) is 0 Å². The van der Waals surface area contributed by atoms with Crippen LogP contribution in [0.4, 0.5) is 0 Å². The summed E-state index contributed by atoms with van der Waals surface area (Å²) in [5.74, 6) is 0.630. The van der Waals surface area contributed by atoms with Crippen molar-refractivity contribution in [1.29, 1.82) is 0 Å². The second-order valence-corrected chi connectivity index (χ2v) is 5.16. The molecule has 0 aromatic carbocycles. The predicted molar refractivity (Wildman–Crippen MR) is 61.6 cm³/mol. The van der Waals surface area contributed by atoms with Crippen molar-refractivity contribution in [2.24, 2.45) is 11.3 Å². The number of hydrogen-bond acceptors (Lipinski definition) is 2. The van der Waals surface area contributed by atoms with Crippen molar-refractivity contribution in [2.45, 2.75) is 59.3 Å². The fraction of sp³-hybridized carbons (Fsp3) is 0.923. The zero-order chi connectivity index (χ0) is 11.3. The maximum absolute atomic E-state index is 12.0. The van der Waals surface area contributed by atoms with Crippen LogP contribution in [0, 0.1) is 11.3 Å². The van der Waals surface area contributed by atoms with Gasteiger partial charge in [-0.15, -0.1) is 0 Å². The Hall–Kier alpha value is -0.530. The molecule has 88 valence electrons. The summed E-state index contributed by atoms with van der Waals surface area (Å²) < 4.78 is 5.25. The van der Waals surface area contributed by atoms with E-state index in [1.807, 2.05) is 6.92 Å². The van der Waals surface area contributed by atoms with Gasteiger partial charge in [-0.25, -0.2) is 0 Å². The van der Waals surface area contributed by atoms with E-state index in [0.717, 1.165) is 19.3 Å². The summed E-state index contributed by atoms with van der Waals surface area (Å²) in [5, 5.41) is 0. The summed E-state index contributed by atoms with van der Waals surface area (Å²) in [5.41, 5.74) is -0.150. The van der Waals surface area contributed by atoms with Crippen molar-refractivity contribution in [3.05, 3.63) is 0 Å². The summed E-state index contributed by atoms with van der Waals surface area (Å²) in [4.78, 5) is 12.0. The number of carbonyl (C=O) groups is 1. The second kappa shape index (κ2) is 5.53. The molecule has 0 spiro atoms. The molecule has 0 amide bonds. The lowest BCUT2D eigenvalue weighted by atomic mass is 9.69. The van der Waals surface area contributed by atoms with Gasteiger partial charge in [0.1, 0.15) is 0 Å². The Morgan fingerprint density at radius 2 is 1.87 bits per heavy atom. The predicted octanol–water partition coefficient (Wildman–Crippen LogP) is 3.55. The minimum absolute atomic E-state index is 0.0541. The fourth-order valence-corrected chi connectivity index (χ4v) is 2.79. The summed E-state index contributed by atoms with van der Waals surface area (Å²) in [6, 6.07) is 0. The van der Waals surface area contributed by atoms with Crippen molar-refractivity contribution in [3.63, 3.8) is 0 Å². The number of carbonyl (C=O) groups excluding carboxylic acids is 1. The molecule has 15 heavy (non-hydrogen) atoms. The maximum Gasteiger partial charge on any atom is 0.312 e. The number of esters is 1. The van der Waals surface area contributed by atoms with E-state index in [4.69, 9.17) is 4.74 Å². The molecule has 0 unspecified atom stereocenters. The van der Waals surface area contributed by atoms with Crippen LogP contribution in [0.5, 0.6) is 0 Å². The average Bonchev–Trinajstić information content (AvgIpc) is 2.18. The Bertz CT molecular complexity index is 203. The Morgan fingerprint density at radius 1 is 1.27 bits per heavy atom. The highest BCUT2D eigenvalue weighted by atomic mass is 16.5. The first-order chi connectivity index (χ1) is 7.10. The molecule has 1 rings (SSSR count). The van der Waals surface area contributed by atoms with Crippen LogP contribution in [0.15, 0.2) is 0 Å². The van der Waals surface area contributed by atoms with E-state index in [1.165, 1.54) is 19.3 Å². The minimum atomic E-state index is -0.150. The minimum Gasteiger partial charge on any atom is -0.466 e. The zero-order valence-electron chi connectivity index (χ0n) is 10.3. The third-order valence-corrected chi connectivity index (χ3v) is 3.32. The summed E-state index contributed by atoms with van der Waals surface area (Å²) in [7, 11) is 0. The number of rotatable bonds is 4. The first-order valence-corrected chi connectivity index (χ1v) is 6.28. The third-order valence-electron chi connectivity index (χ3n) is 3.32. The monoisotopic (exact) mass is 212 g/mol. The Kier molecular flexibility index (Phi) is 4.62. The van der Waals surface area contributed by atoms with Gasteiger partial charge < -0.3 is 4.74 Å². The van der Waals surface area contributed by atoms with Crippen LogP contribution >= 0.6 is 0 Å². The first-order valence-electron chi connectivity index (χ1n) is 6.28. The summed E-state index contributed by atoms with van der Waals surface area (Å²) in [6.45, 7) is 6.79. The van der Waals surface area contributed by atoms with E-state index in [-0.39, 0.29) is 11.4 Å². The molecule has 2 nitrogen and oxygen atoms in total. The van der Waals surface area contributed by atoms with Crippen molar-refractivity contribution >= 4 is 5.97 Å². The molecule has 0 aliphatic heterocycles. The Labute approximate surface area is 93.4 Å². The SMILES string of the molecule is CCOC(=O)C1(CC(C)C)CCCCC1. The maximum atomic E-state index is 12.0. The standard InChI is InChI=1S/C13H24O2/c1-4-15-12(14)13(10-11(2)3)8-6-5-7-9-13/h11H,4-10H2,1-3H3. The van der Waals surface area contributed by atoms with Crippen LogP contribution in [0.25, 0.3) is 0 Å². The van der Waals surface area contributed by atoms with Gasteiger partial charge in [0, 0.05) is 0 Å². The highest BCUT2D eigenvalue weighted by molar-refractivity contribution is 5.77. The Morgan fingerprint density at radius 3 is 2.33 bits per heavy atom. The van der Waals surface area contributed by atoms with Gasteiger partial charge in [-0.3, -0.25) is 4.79 Å².